The zero-order valence-corrected chi connectivity index (χ0v) is 16.3. The predicted octanol–water partition coefficient (Wildman–Crippen LogP) is 1.13. The molecule has 1 N–H and O–H groups in total. The van der Waals surface area contributed by atoms with E-state index in [0.717, 1.165) is 5.75 Å². The average Bonchev–Trinajstić information content (AvgIpc) is 2.70. The summed E-state index contributed by atoms with van der Waals surface area (Å²) in [6, 6.07) is 7.30. The molecule has 7 heteroatoms. The van der Waals surface area contributed by atoms with Crippen LogP contribution in [0.2, 0.25) is 0 Å². The molecule has 2 amide bonds. The Morgan fingerprint density at radius 3 is 2.44 bits per heavy atom. The zero-order chi connectivity index (χ0) is 19.4. The van der Waals surface area contributed by atoms with Gasteiger partial charge in [0.15, 0.2) is 11.5 Å². The largest absolute Gasteiger partial charge is 0.486 e. The molecule has 27 heavy (non-hydrogen) atoms. The van der Waals surface area contributed by atoms with Crippen LogP contribution in [0.25, 0.3) is 0 Å². The second-order valence-corrected chi connectivity index (χ2v) is 7.43. The first-order chi connectivity index (χ1) is 13.0. The molecular formula is C20H29N3O4. The van der Waals surface area contributed by atoms with Crippen molar-refractivity contribution in [2.45, 2.75) is 32.9 Å². The molecule has 2 aliphatic rings. The maximum absolute atomic E-state index is 12.5. The minimum Gasteiger partial charge on any atom is -0.486 e. The maximum Gasteiger partial charge on any atom is 0.237 e. The van der Waals surface area contributed by atoms with Gasteiger partial charge in [-0.1, -0.05) is 26.0 Å². The van der Waals surface area contributed by atoms with E-state index in [1.807, 2.05) is 49.9 Å². The number of rotatable bonds is 5. The van der Waals surface area contributed by atoms with E-state index in [1.54, 1.807) is 0 Å². The first-order valence-electron chi connectivity index (χ1n) is 9.64. The molecule has 2 heterocycles. The number of carbonyl (C=O) groups excluding carboxylic acids is 2. The zero-order valence-electron chi connectivity index (χ0n) is 16.3. The Hall–Kier alpha value is -2.28. The molecule has 0 bridgehead atoms. The second-order valence-electron chi connectivity index (χ2n) is 7.43. The lowest BCUT2D eigenvalue weighted by Gasteiger charge is -2.38. The van der Waals surface area contributed by atoms with Gasteiger partial charge >= 0.3 is 0 Å². The summed E-state index contributed by atoms with van der Waals surface area (Å²) in [5, 5.41) is 2.97. The Kier molecular flexibility index (Phi) is 6.21. The van der Waals surface area contributed by atoms with Crippen molar-refractivity contribution in [3.8, 4) is 11.5 Å². The first-order valence-corrected chi connectivity index (χ1v) is 9.64. The van der Waals surface area contributed by atoms with Crippen LogP contribution < -0.4 is 14.8 Å². The second kappa shape index (κ2) is 8.61. The van der Waals surface area contributed by atoms with Crippen molar-refractivity contribution in [3.63, 3.8) is 0 Å². The molecule has 0 saturated carbocycles. The molecule has 148 valence electrons. The number of piperazine rings is 1. The quantitative estimate of drug-likeness (QED) is 0.835. The lowest BCUT2D eigenvalue weighted by Crippen LogP contribution is -2.56. The van der Waals surface area contributed by atoms with Crippen molar-refractivity contribution in [1.82, 2.24) is 15.1 Å². The summed E-state index contributed by atoms with van der Waals surface area (Å²) in [4.78, 5) is 28.6. The Balaban J connectivity index is 1.43. The standard InChI is InChI=1S/C20H29N3O4/c1-14(2)20(25)23-10-8-22(9-11-23)15(3)19(24)21-12-16-13-26-17-6-4-5-7-18(17)27-16/h4-7,14-16H,8-13H2,1-3H3,(H,21,24). The molecule has 2 atom stereocenters. The van der Waals surface area contributed by atoms with E-state index in [2.05, 4.69) is 10.2 Å². The van der Waals surface area contributed by atoms with Gasteiger partial charge in [-0.05, 0) is 19.1 Å². The maximum atomic E-state index is 12.5. The van der Waals surface area contributed by atoms with Gasteiger partial charge in [0.2, 0.25) is 11.8 Å². The first kappa shape index (κ1) is 19.5. The molecule has 1 fully saturated rings. The third kappa shape index (κ3) is 4.71. The van der Waals surface area contributed by atoms with Gasteiger partial charge in [0.1, 0.15) is 12.7 Å². The van der Waals surface area contributed by atoms with Crippen molar-refractivity contribution < 1.29 is 19.1 Å². The topological polar surface area (TPSA) is 71.1 Å². The minimum atomic E-state index is -0.238. The normalized spacial score (nSPS) is 21.0. The van der Waals surface area contributed by atoms with Crippen molar-refractivity contribution >= 4 is 11.8 Å². The molecule has 1 aromatic rings. The third-order valence-electron chi connectivity index (χ3n) is 5.12. The van der Waals surface area contributed by atoms with E-state index in [0.29, 0.717) is 45.1 Å². The van der Waals surface area contributed by atoms with E-state index in [1.165, 1.54) is 0 Å². The Labute approximate surface area is 160 Å². The number of ether oxygens (including phenoxy) is 2. The van der Waals surface area contributed by atoms with Crippen LogP contribution in [0.5, 0.6) is 11.5 Å². The number of nitrogens with one attached hydrogen (secondary N) is 1. The number of nitrogens with zero attached hydrogens (tertiary/aromatic N) is 2. The monoisotopic (exact) mass is 375 g/mol. The number of amides is 2. The minimum absolute atomic E-state index is 0.0140. The summed E-state index contributed by atoms with van der Waals surface area (Å²) in [5.41, 5.74) is 0. The number of carbonyl (C=O) groups is 2. The number of benzene rings is 1. The van der Waals surface area contributed by atoms with Crippen molar-refractivity contribution in [2.75, 3.05) is 39.3 Å². The van der Waals surface area contributed by atoms with Gasteiger partial charge in [0, 0.05) is 32.1 Å². The molecule has 2 unspecified atom stereocenters. The Morgan fingerprint density at radius 1 is 1.11 bits per heavy atom. The van der Waals surface area contributed by atoms with Gasteiger partial charge in [-0.3, -0.25) is 14.5 Å². The highest BCUT2D eigenvalue weighted by Crippen LogP contribution is 2.30. The average molecular weight is 375 g/mol. The SMILES string of the molecule is CC(C)C(=O)N1CCN(C(C)C(=O)NCC2COc3ccccc3O2)CC1. The number of para-hydroxylation sites is 2. The smallest absolute Gasteiger partial charge is 0.237 e. The van der Waals surface area contributed by atoms with Crippen molar-refractivity contribution in [1.29, 1.82) is 0 Å². The molecule has 2 aliphatic heterocycles. The van der Waals surface area contributed by atoms with Gasteiger partial charge in [0.25, 0.3) is 0 Å². The highest BCUT2D eigenvalue weighted by atomic mass is 16.6. The van der Waals surface area contributed by atoms with Crippen LogP contribution in [0.1, 0.15) is 20.8 Å². The Morgan fingerprint density at radius 2 is 1.78 bits per heavy atom. The fraction of sp³-hybridized carbons (Fsp3) is 0.600. The number of hydrogen-bond donors (Lipinski definition) is 1. The Bertz CT molecular complexity index is 671. The van der Waals surface area contributed by atoms with Crippen LogP contribution in [-0.4, -0.2) is 73.1 Å². The van der Waals surface area contributed by atoms with Gasteiger partial charge in [-0.25, -0.2) is 0 Å². The van der Waals surface area contributed by atoms with Crippen LogP contribution in [0.15, 0.2) is 24.3 Å². The molecule has 0 aromatic heterocycles. The van der Waals surface area contributed by atoms with Crippen LogP contribution >= 0.6 is 0 Å². The van der Waals surface area contributed by atoms with E-state index < -0.39 is 0 Å². The van der Waals surface area contributed by atoms with Gasteiger partial charge in [0.05, 0.1) is 12.6 Å². The molecule has 0 aliphatic carbocycles. The van der Waals surface area contributed by atoms with Crippen LogP contribution in [-0.2, 0) is 9.59 Å². The van der Waals surface area contributed by atoms with E-state index >= 15 is 0 Å². The van der Waals surface area contributed by atoms with Crippen LogP contribution in [0.3, 0.4) is 0 Å². The fourth-order valence-corrected chi connectivity index (χ4v) is 3.39. The molecule has 1 aromatic carbocycles. The van der Waals surface area contributed by atoms with Crippen molar-refractivity contribution in [3.05, 3.63) is 24.3 Å². The molecule has 7 nitrogen and oxygen atoms in total. The highest BCUT2D eigenvalue weighted by molar-refractivity contribution is 5.81. The van der Waals surface area contributed by atoms with E-state index in [9.17, 15) is 9.59 Å². The van der Waals surface area contributed by atoms with E-state index in [4.69, 9.17) is 9.47 Å². The molecule has 3 rings (SSSR count). The lowest BCUT2D eigenvalue weighted by molar-refractivity contribution is -0.137. The lowest BCUT2D eigenvalue weighted by atomic mass is 10.1. The summed E-state index contributed by atoms with van der Waals surface area (Å²) < 4.78 is 11.5. The summed E-state index contributed by atoms with van der Waals surface area (Å²) in [5.74, 6) is 1.62. The fourth-order valence-electron chi connectivity index (χ4n) is 3.39. The number of hydrogen-bond acceptors (Lipinski definition) is 5. The molecule has 1 saturated heterocycles. The van der Waals surface area contributed by atoms with Crippen LogP contribution in [0, 0.1) is 5.92 Å². The highest BCUT2D eigenvalue weighted by Gasteiger charge is 2.29. The van der Waals surface area contributed by atoms with Crippen LogP contribution in [0.4, 0.5) is 0 Å². The molecular weight excluding hydrogens is 346 g/mol. The number of fused-ring (bicyclic) bond motifs is 1. The third-order valence-corrected chi connectivity index (χ3v) is 5.12. The van der Waals surface area contributed by atoms with Gasteiger partial charge in [-0.15, -0.1) is 0 Å². The molecule has 0 spiro atoms. The summed E-state index contributed by atoms with van der Waals surface area (Å²) >= 11 is 0. The predicted molar refractivity (Wildman–Crippen MR) is 102 cm³/mol. The summed E-state index contributed by atoms with van der Waals surface area (Å²) in [7, 11) is 0. The van der Waals surface area contributed by atoms with Crippen molar-refractivity contribution in [2.24, 2.45) is 5.92 Å². The summed E-state index contributed by atoms with van der Waals surface area (Å²) in [6.07, 6.45) is -0.198. The van der Waals surface area contributed by atoms with Gasteiger partial charge < -0.3 is 19.7 Å². The molecule has 0 radical (unpaired) electrons. The van der Waals surface area contributed by atoms with E-state index in [-0.39, 0.29) is 29.9 Å². The van der Waals surface area contributed by atoms with Gasteiger partial charge in [-0.2, -0.15) is 0 Å². The summed E-state index contributed by atoms with van der Waals surface area (Å²) in [6.45, 7) is 9.33.